The van der Waals surface area contributed by atoms with Crippen molar-refractivity contribution in [3.05, 3.63) is 60.7 Å². The summed E-state index contributed by atoms with van der Waals surface area (Å²) < 4.78 is 39.6. The molecule has 3 N–H and O–H groups in total. The van der Waals surface area contributed by atoms with Crippen molar-refractivity contribution in [2.24, 2.45) is 0 Å². The Labute approximate surface area is 238 Å². The molecule has 1 aliphatic heterocycles. The molecule has 1 saturated heterocycles. The maximum Gasteiger partial charge on any atom is 0.261 e. The first-order chi connectivity index (χ1) is 19.7. The number of methoxy groups -OCH3 is 1. The molecule has 6 rings (SSSR count). The van der Waals surface area contributed by atoms with Crippen LogP contribution in [0.1, 0.15) is 6.92 Å². The minimum Gasteiger partial charge on any atom is -0.497 e. The summed E-state index contributed by atoms with van der Waals surface area (Å²) in [6.07, 6.45) is 0.148. The highest BCUT2D eigenvalue weighted by Crippen LogP contribution is 2.31. The van der Waals surface area contributed by atoms with Crippen LogP contribution in [0.15, 0.2) is 65.6 Å². The zero-order valence-corrected chi connectivity index (χ0v) is 24.2. The second kappa shape index (κ2) is 10.7. The minimum absolute atomic E-state index is 0.144. The lowest BCUT2D eigenvalue weighted by Gasteiger charge is -2.40. The number of likely N-dealkylation sites (N-methyl/N-ethyl adjacent to an activating group) is 1. The second-order valence-corrected chi connectivity index (χ2v) is 12.3. The van der Waals surface area contributed by atoms with Crippen LogP contribution in [-0.4, -0.2) is 86.5 Å². The number of aromatic nitrogens is 4. The van der Waals surface area contributed by atoms with Gasteiger partial charge in [0.15, 0.2) is 5.82 Å². The molecule has 1 aliphatic rings. The first-order valence-electron chi connectivity index (χ1n) is 13.4. The Morgan fingerprint density at radius 2 is 1.90 bits per heavy atom. The Balaban J connectivity index is 1.24. The maximum atomic E-state index is 12.9. The van der Waals surface area contributed by atoms with Crippen molar-refractivity contribution < 1.29 is 17.9 Å². The van der Waals surface area contributed by atoms with Crippen LogP contribution in [0.25, 0.3) is 33.5 Å². The smallest absolute Gasteiger partial charge is 0.261 e. The van der Waals surface area contributed by atoms with E-state index in [2.05, 4.69) is 62.9 Å². The third-order valence-electron chi connectivity index (χ3n) is 7.28. The van der Waals surface area contributed by atoms with Crippen LogP contribution in [0.2, 0.25) is 0 Å². The lowest BCUT2D eigenvalue weighted by atomic mass is 10.1. The lowest BCUT2D eigenvalue weighted by Crippen LogP contribution is -2.51. The van der Waals surface area contributed by atoms with Crippen molar-refractivity contribution in [2.45, 2.75) is 24.0 Å². The van der Waals surface area contributed by atoms with Crippen molar-refractivity contribution in [1.29, 1.82) is 0 Å². The highest BCUT2D eigenvalue weighted by atomic mass is 32.2. The summed E-state index contributed by atoms with van der Waals surface area (Å²) in [7, 11) is 1.88. The standard InChI is InChI=1S/C29H33N7O4S/c1-18-17-40-22(15-35(2)3)16-36(18)20-6-12-25-27(14-20)31-29(30-25)28-24-11-5-19(13-26(24)32-33-28)34-41(37,38)23-9-7-21(39-4)8-10-23/h5-14,18,22,34H,15-17H2,1-4H3,(H,30,31)(H,32,33). The van der Waals surface area contributed by atoms with Crippen molar-refractivity contribution in [3.63, 3.8) is 0 Å². The van der Waals surface area contributed by atoms with Crippen LogP contribution in [0.5, 0.6) is 5.75 Å². The number of benzene rings is 3. The van der Waals surface area contributed by atoms with E-state index in [-0.39, 0.29) is 17.0 Å². The summed E-state index contributed by atoms with van der Waals surface area (Å²) in [6, 6.07) is 18.0. The van der Waals surface area contributed by atoms with E-state index in [9.17, 15) is 8.42 Å². The normalized spacial score (nSPS) is 17.9. The predicted octanol–water partition coefficient (Wildman–Crippen LogP) is 4.07. The van der Waals surface area contributed by atoms with E-state index in [0.717, 1.165) is 35.2 Å². The average Bonchev–Trinajstić information content (AvgIpc) is 3.57. The van der Waals surface area contributed by atoms with E-state index in [0.29, 0.717) is 35.1 Å². The number of ether oxygens (including phenoxy) is 2. The zero-order valence-electron chi connectivity index (χ0n) is 23.4. The number of aromatic amines is 2. The average molecular weight is 576 g/mol. The largest absolute Gasteiger partial charge is 0.497 e. The predicted molar refractivity (Wildman–Crippen MR) is 160 cm³/mol. The fraction of sp³-hybridized carbons (Fsp3) is 0.310. The number of imidazole rings is 1. The summed E-state index contributed by atoms with van der Waals surface area (Å²) in [4.78, 5) is 12.9. The number of sulfonamides is 1. The van der Waals surface area contributed by atoms with E-state index in [1.54, 1.807) is 24.3 Å². The molecule has 1 fully saturated rings. The first-order valence-corrected chi connectivity index (χ1v) is 14.9. The Kier molecular flexibility index (Phi) is 7.06. The molecule has 5 aromatic rings. The van der Waals surface area contributed by atoms with E-state index >= 15 is 0 Å². The SMILES string of the molecule is COc1ccc(S(=O)(=O)Nc2ccc3c(-c4nc5ccc(N6CC(CN(C)C)OCC6C)cc5[nH]4)n[nH]c3c2)cc1. The Bertz CT molecular complexity index is 1800. The number of H-pyrrole nitrogens is 2. The van der Waals surface area contributed by atoms with Crippen LogP contribution in [0, 0.1) is 0 Å². The molecule has 2 unspecified atom stereocenters. The fourth-order valence-electron chi connectivity index (χ4n) is 5.22. The monoisotopic (exact) mass is 575 g/mol. The van der Waals surface area contributed by atoms with E-state index in [1.165, 1.54) is 19.2 Å². The highest BCUT2D eigenvalue weighted by Gasteiger charge is 2.27. The third-order valence-corrected chi connectivity index (χ3v) is 8.68. The zero-order chi connectivity index (χ0) is 28.7. The number of fused-ring (bicyclic) bond motifs is 2. The van der Waals surface area contributed by atoms with Gasteiger partial charge in [-0.1, -0.05) is 0 Å². The first kappa shape index (κ1) is 27.1. The van der Waals surface area contributed by atoms with Gasteiger partial charge in [0.05, 0.1) is 47.0 Å². The Morgan fingerprint density at radius 3 is 2.66 bits per heavy atom. The molecule has 2 aromatic heterocycles. The summed E-state index contributed by atoms with van der Waals surface area (Å²) >= 11 is 0. The van der Waals surface area contributed by atoms with E-state index in [1.807, 2.05) is 12.1 Å². The maximum absolute atomic E-state index is 12.9. The second-order valence-electron chi connectivity index (χ2n) is 10.6. The molecular formula is C29H33N7O4S. The number of hydrogen-bond acceptors (Lipinski definition) is 8. The van der Waals surface area contributed by atoms with E-state index in [4.69, 9.17) is 14.5 Å². The van der Waals surface area contributed by atoms with Crippen molar-refractivity contribution in [2.75, 3.05) is 50.5 Å². The Morgan fingerprint density at radius 1 is 1.10 bits per heavy atom. The van der Waals surface area contributed by atoms with Crippen LogP contribution >= 0.6 is 0 Å². The summed E-state index contributed by atoms with van der Waals surface area (Å²) in [5.74, 6) is 1.22. The van der Waals surface area contributed by atoms with Gasteiger partial charge in [-0.25, -0.2) is 13.4 Å². The van der Waals surface area contributed by atoms with Crippen LogP contribution < -0.4 is 14.4 Å². The van der Waals surface area contributed by atoms with Crippen LogP contribution in [0.3, 0.4) is 0 Å². The van der Waals surface area contributed by atoms with Gasteiger partial charge in [-0.3, -0.25) is 9.82 Å². The molecule has 0 bridgehead atoms. The quantitative estimate of drug-likeness (QED) is 0.253. The molecule has 0 radical (unpaired) electrons. The fourth-order valence-corrected chi connectivity index (χ4v) is 6.27. The van der Waals surface area contributed by atoms with E-state index < -0.39 is 10.0 Å². The molecule has 12 heteroatoms. The number of morpholine rings is 1. The molecule has 3 aromatic carbocycles. The van der Waals surface area contributed by atoms with Crippen molar-refractivity contribution >= 4 is 43.3 Å². The van der Waals surface area contributed by atoms with Gasteiger partial charge in [-0.15, -0.1) is 0 Å². The van der Waals surface area contributed by atoms with Gasteiger partial charge in [0.25, 0.3) is 10.0 Å². The molecule has 0 amide bonds. The van der Waals surface area contributed by atoms with Gasteiger partial charge in [0.1, 0.15) is 11.4 Å². The number of rotatable bonds is 8. The van der Waals surface area contributed by atoms with Gasteiger partial charge >= 0.3 is 0 Å². The third kappa shape index (κ3) is 5.45. The molecule has 0 saturated carbocycles. The molecule has 2 atom stereocenters. The Hall–Kier alpha value is -4.13. The molecule has 214 valence electrons. The molecule has 41 heavy (non-hydrogen) atoms. The van der Waals surface area contributed by atoms with Gasteiger partial charge in [-0.2, -0.15) is 5.10 Å². The number of anilines is 2. The summed E-state index contributed by atoms with van der Waals surface area (Å²) in [5, 5.41) is 8.33. The van der Waals surface area contributed by atoms with Gasteiger partial charge in [0.2, 0.25) is 0 Å². The molecule has 11 nitrogen and oxygen atoms in total. The summed E-state index contributed by atoms with van der Waals surface area (Å²) in [5.41, 5.74) is 4.64. The van der Waals surface area contributed by atoms with Gasteiger partial charge in [-0.05, 0) is 81.7 Å². The minimum atomic E-state index is -3.77. The van der Waals surface area contributed by atoms with Gasteiger partial charge < -0.3 is 24.3 Å². The number of hydrogen-bond donors (Lipinski definition) is 3. The molecule has 0 aliphatic carbocycles. The van der Waals surface area contributed by atoms with Crippen molar-refractivity contribution in [3.8, 4) is 17.3 Å². The molecule has 0 spiro atoms. The summed E-state index contributed by atoms with van der Waals surface area (Å²) in [6.45, 7) is 4.55. The molecule has 3 heterocycles. The number of nitrogens with zero attached hydrogens (tertiary/aromatic N) is 4. The van der Waals surface area contributed by atoms with Crippen molar-refractivity contribution in [1.82, 2.24) is 25.1 Å². The van der Waals surface area contributed by atoms with Gasteiger partial charge in [0, 0.05) is 30.2 Å². The lowest BCUT2D eigenvalue weighted by molar-refractivity contribution is 0.00880. The molecular weight excluding hydrogens is 542 g/mol. The highest BCUT2D eigenvalue weighted by molar-refractivity contribution is 7.92. The number of nitrogens with one attached hydrogen (secondary N) is 3. The van der Waals surface area contributed by atoms with Crippen LogP contribution in [0.4, 0.5) is 11.4 Å². The van der Waals surface area contributed by atoms with Crippen LogP contribution in [-0.2, 0) is 14.8 Å². The topological polar surface area (TPSA) is 128 Å².